The molecule has 120 valence electrons. The number of rotatable bonds is 7. The Morgan fingerprint density at radius 1 is 1.09 bits per heavy atom. The van der Waals surface area contributed by atoms with Gasteiger partial charge in [0.2, 0.25) is 0 Å². The zero-order valence-electron chi connectivity index (χ0n) is 13.5. The number of benzene rings is 2. The van der Waals surface area contributed by atoms with Gasteiger partial charge in [0.25, 0.3) is 5.91 Å². The van der Waals surface area contributed by atoms with Crippen LogP contribution in [-0.2, 0) is 4.79 Å². The minimum atomic E-state index is -0.234. The van der Waals surface area contributed by atoms with Gasteiger partial charge in [-0.15, -0.1) is 0 Å². The normalized spacial score (nSPS) is 10.0. The number of hydrogen-bond acceptors (Lipinski definition) is 3. The molecule has 0 radical (unpaired) electrons. The lowest BCUT2D eigenvalue weighted by Gasteiger charge is -2.13. The Balaban J connectivity index is 1.99. The molecule has 0 aromatic heterocycles. The topological polar surface area (TPSA) is 47.6 Å². The Hall–Kier alpha value is -2.75. The standard InChI is InChI=1S/C19H21NO3/c1-4-12-22-17-11-6-5-10-16(17)20-18(21)13-23-19-14(2)8-7-9-15(19)3/h4-11H,1,12-13H2,2-3H3,(H,20,21). The van der Waals surface area contributed by atoms with Gasteiger partial charge in [0.05, 0.1) is 5.69 Å². The zero-order valence-corrected chi connectivity index (χ0v) is 13.5. The van der Waals surface area contributed by atoms with E-state index in [9.17, 15) is 4.79 Å². The van der Waals surface area contributed by atoms with Gasteiger partial charge in [-0.2, -0.15) is 0 Å². The molecule has 0 spiro atoms. The summed E-state index contributed by atoms with van der Waals surface area (Å²) in [7, 11) is 0. The Labute approximate surface area is 136 Å². The first-order valence-electron chi connectivity index (χ1n) is 7.43. The van der Waals surface area contributed by atoms with E-state index >= 15 is 0 Å². The molecule has 0 aliphatic rings. The van der Waals surface area contributed by atoms with Crippen LogP contribution in [0.25, 0.3) is 0 Å². The number of carbonyl (C=O) groups excluding carboxylic acids is 1. The highest BCUT2D eigenvalue weighted by molar-refractivity contribution is 5.93. The summed E-state index contributed by atoms with van der Waals surface area (Å²) >= 11 is 0. The van der Waals surface area contributed by atoms with E-state index in [1.165, 1.54) is 0 Å². The monoisotopic (exact) mass is 311 g/mol. The number of nitrogens with one attached hydrogen (secondary N) is 1. The van der Waals surface area contributed by atoms with Gasteiger partial charge in [-0.3, -0.25) is 4.79 Å². The first kappa shape index (κ1) is 16.6. The fourth-order valence-corrected chi connectivity index (χ4v) is 2.20. The van der Waals surface area contributed by atoms with Gasteiger partial charge in [0.15, 0.2) is 6.61 Å². The van der Waals surface area contributed by atoms with E-state index in [1.54, 1.807) is 18.2 Å². The summed E-state index contributed by atoms with van der Waals surface area (Å²) in [6.45, 7) is 7.85. The van der Waals surface area contributed by atoms with Crippen molar-refractivity contribution >= 4 is 11.6 Å². The Bertz CT molecular complexity index is 675. The molecule has 0 atom stereocenters. The predicted octanol–water partition coefficient (Wildman–Crippen LogP) is 3.89. The van der Waals surface area contributed by atoms with E-state index in [2.05, 4.69) is 11.9 Å². The quantitative estimate of drug-likeness (QED) is 0.789. The summed E-state index contributed by atoms with van der Waals surface area (Å²) in [6.07, 6.45) is 1.66. The maximum absolute atomic E-state index is 12.1. The molecule has 0 bridgehead atoms. The highest BCUT2D eigenvalue weighted by Crippen LogP contribution is 2.24. The van der Waals surface area contributed by atoms with Crippen LogP contribution >= 0.6 is 0 Å². The van der Waals surface area contributed by atoms with Crippen molar-refractivity contribution in [3.63, 3.8) is 0 Å². The number of anilines is 1. The second-order valence-electron chi connectivity index (χ2n) is 5.15. The maximum atomic E-state index is 12.1. The van der Waals surface area contributed by atoms with Gasteiger partial charge < -0.3 is 14.8 Å². The van der Waals surface area contributed by atoms with Crippen LogP contribution < -0.4 is 14.8 Å². The minimum absolute atomic E-state index is 0.0541. The number of aryl methyl sites for hydroxylation is 2. The third-order valence-corrected chi connectivity index (χ3v) is 3.27. The van der Waals surface area contributed by atoms with Crippen LogP contribution in [-0.4, -0.2) is 19.1 Å². The lowest BCUT2D eigenvalue weighted by atomic mass is 10.1. The molecule has 2 aromatic rings. The van der Waals surface area contributed by atoms with Crippen LogP contribution in [0.1, 0.15) is 11.1 Å². The second-order valence-corrected chi connectivity index (χ2v) is 5.15. The second kappa shape index (κ2) is 8.03. The molecule has 0 aliphatic heterocycles. The zero-order chi connectivity index (χ0) is 16.7. The average Bonchev–Trinajstić information content (AvgIpc) is 2.53. The van der Waals surface area contributed by atoms with Crippen molar-refractivity contribution in [2.75, 3.05) is 18.5 Å². The van der Waals surface area contributed by atoms with Crippen molar-refractivity contribution in [2.24, 2.45) is 0 Å². The number of amides is 1. The van der Waals surface area contributed by atoms with E-state index in [4.69, 9.17) is 9.47 Å². The number of ether oxygens (including phenoxy) is 2. The summed E-state index contributed by atoms with van der Waals surface area (Å²) in [6, 6.07) is 13.1. The van der Waals surface area contributed by atoms with Crippen LogP contribution in [0.2, 0.25) is 0 Å². The van der Waals surface area contributed by atoms with E-state index < -0.39 is 0 Å². The molecule has 0 aliphatic carbocycles. The first-order chi connectivity index (χ1) is 11.1. The van der Waals surface area contributed by atoms with Crippen LogP contribution in [0, 0.1) is 13.8 Å². The fourth-order valence-electron chi connectivity index (χ4n) is 2.20. The average molecular weight is 311 g/mol. The SMILES string of the molecule is C=CCOc1ccccc1NC(=O)COc1c(C)cccc1C. The molecule has 2 aromatic carbocycles. The fraction of sp³-hybridized carbons (Fsp3) is 0.211. The van der Waals surface area contributed by atoms with Crippen LogP contribution in [0.5, 0.6) is 11.5 Å². The molecule has 2 rings (SSSR count). The maximum Gasteiger partial charge on any atom is 0.262 e. The van der Waals surface area contributed by atoms with Crippen molar-refractivity contribution in [3.05, 3.63) is 66.2 Å². The largest absolute Gasteiger partial charge is 0.487 e. The Morgan fingerprint density at radius 2 is 1.78 bits per heavy atom. The molecular formula is C19H21NO3. The first-order valence-corrected chi connectivity index (χ1v) is 7.43. The summed E-state index contributed by atoms with van der Waals surface area (Å²) in [5, 5.41) is 2.81. The molecular weight excluding hydrogens is 290 g/mol. The minimum Gasteiger partial charge on any atom is -0.487 e. The van der Waals surface area contributed by atoms with E-state index in [0.29, 0.717) is 18.0 Å². The predicted molar refractivity (Wildman–Crippen MR) is 92.2 cm³/mol. The van der Waals surface area contributed by atoms with Crippen molar-refractivity contribution in [2.45, 2.75) is 13.8 Å². The van der Waals surface area contributed by atoms with Crippen LogP contribution in [0.3, 0.4) is 0 Å². The highest BCUT2D eigenvalue weighted by Gasteiger charge is 2.10. The van der Waals surface area contributed by atoms with Gasteiger partial charge in [-0.25, -0.2) is 0 Å². The molecule has 0 heterocycles. The number of carbonyl (C=O) groups is 1. The van der Waals surface area contributed by atoms with Gasteiger partial charge >= 0.3 is 0 Å². The summed E-state index contributed by atoms with van der Waals surface area (Å²) in [5.74, 6) is 1.12. The summed E-state index contributed by atoms with van der Waals surface area (Å²) in [5.41, 5.74) is 2.63. The van der Waals surface area contributed by atoms with Gasteiger partial charge in [-0.1, -0.05) is 43.0 Å². The Morgan fingerprint density at radius 3 is 2.48 bits per heavy atom. The van der Waals surface area contributed by atoms with Crippen LogP contribution in [0.15, 0.2) is 55.1 Å². The van der Waals surface area contributed by atoms with Gasteiger partial charge in [-0.05, 0) is 37.1 Å². The third kappa shape index (κ3) is 4.61. The molecule has 4 heteroatoms. The number of para-hydroxylation sites is 3. The molecule has 4 nitrogen and oxygen atoms in total. The molecule has 1 N–H and O–H groups in total. The van der Waals surface area contributed by atoms with Crippen LogP contribution in [0.4, 0.5) is 5.69 Å². The molecule has 1 amide bonds. The highest BCUT2D eigenvalue weighted by atomic mass is 16.5. The molecule has 0 saturated heterocycles. The molecule has 23 heavy (non-hydrogen) atoms. The Kier molecular flexibility index (Phi) is 5.80. The van der Waals surface area contributed by atoms with Gasteiger partial charge in [0.1, 0.15) is 18.1 Å². The molecule has 0 fully saturated rings. The number of hydrogen-bond donors (Lipinski definition) is 1. The third-order valence-electron chi connectivity index (χ3n) is 3.27. The van der Waals surface area contributed by atoms with Gasteiger partial charge in [0, 0.05) is 0 Å². The lowest BCUT2D eigenvalue weighted by Crippen LogP contribution is -2.21. The molecule has 0 saturated carbocycles. The molecule has 0 unspecified atom stereocenters. The summed E-state index contributed by atoms with van der Waals surface area (Å²) < 4.78 is 11.2. The smallest absolute Gasteiger partial charge is 0.262 e. The van der Waals surface area contributed by atoms with E-state index in [1.807, 2.05) is 44.2 Å². The van der Waals surface area contributed by atoms with E-state index in [-0.39, 0.29) is 12.5 Å². The van der Waals surface area contributed by atoms with E-state index in [0.717, 1.165) is 16.9 Å². The van der Waals surface area contributed by atoms with Crippen molar-refractivity contribution < 1.29 is 14.3 Å². The summed E-state index contributed by atoms with van der Waals surface area (Å²) in [4.78, 5) is 12.1. The van der Waals surface area contributed by atoms with Crippen molar-refractivity contribution in [3.8, 4) is 11.5 Å². The van der Waals surface area contributed by atoms with Crippen molar-refractivity contribution in [1.82, 2.24) is 0 Å². The lowest BCUT2D eigenvalue weighted by molar-refractivity contribution is -0.118. The van der Waals surface area contributed by atoms with Crippen molar-refractivity contribution in [1.29, 1.82) is 0 Å².